The van der Waals surface area contributed by atoms with Gasteiger partial charge in [0.1, 0.15) is 4.60 Å². The Morgan fingerprint density at radius 3 is 2.58 bits per heavy atom. The summed E-state index contributed by atoms with van der Waals surface area (Å²) in [6.45, 7) is 0. The molecular weight excluding hydrogens is 380 g/mol. The summed E-state index contributed by atoms with van der Waals surface area (Å²) in [6, 6.07) is 1.36. The predicted molar refractivity (Wildman–Crippen MR) is 57.7 cm³/mol. The van der Waals surface area contributed by atoms with Gasteiger partial charge in [0.05, 0.1) is 8.47 Å². The monoisotopic (exact) mass is 381 g/mol. The van der Waals surface area contributed by atoms with Gasteiger partial charge in [-0.2, -0.15) is 0 Å². The average Bonchev–Trinajstić information content (AvgIpc) is 1.92. The maximum Gasteiger partial charge on any atom is 0.262 e. The van der Waals surface area contributed by atoms with Gasteiger partial charge < -0.3 is 0 Å². The summed E-state index contributed by atoms with van der Waals surface area (Å²) in [6.07, 6.45) is 1.38. The van der Waals surface area contributed by atoms with E-state index in [2.05, 4.69) is 20.9 Å². The average molecular weight is 382 g/mol. The van der Waals surface area contributed by atoms with Crippen LogP contribution in [0.2, 0.25) is 0 Å². The van der Waals surface area contributed by atoms with Crippen LogP contribution in [0.15, 0.2) is 21.8 Å². The van der Waals surface area contributed by atoms with Crippen LogP contribution >= 0.6 is 49.2 Å². The first-order valence-corrected chi connectivity index (χ1v) is 6.85. The van der Waals surface area contributed by atoms with E-state index >= 15 is 0 Å². The Kier molecular flexibility index (Phi) is 3.35. The lowest BCUT2D eigenvalue weighted by atomic mass is 10.5. The molecule has 0 amide bonds. The molecule has 1 heterocycles. The fourth-order valence-corrected chi connectivity index (χ4v) is 3.55. The molecule has 0 N–H and O–H groups in total. The molecule has 0 spiro atoms. The van der Waals surface area contributed by atoms with Crippen LogP contribution in [0.25, 0.3) is 0 Å². The fraction of sp³-hybridized carbons (Fsp3) is 0. The lowest BCUT2D eigenvalue weighted by Gasteiger charge is -1.99. The Morgan fingerprint density at radius 1 is 1.58 bits per heavy atom. The zero-order valence-corrected chi connectivity index (χ0v) is 10.8. The molecule has 66 valence electrons. The molecule has 0 atom stereocenters. The van der Waals surface area contributed by atoms with Crippen LogP contribution < -0.4 is 0 Å². The van der Waals surface area contributed by atoms with Crippen LogP contribution in [0.5, 0.6) is 0 Å². The first-order valence-electron chi connectivity index (χ1n) is 2.67. The standard InChI is InChI=1S/C5H2BrClINO2S/c6-5-4(8)3(1-2-9-5)12(7,10)11/h1-2H. The minimum atomic E-state index is -3.66. The summed E-state index contributed by atoms with van der Waals surface area (Å²) in [5.74, 6) is 0. The summed E-state index contributed by atoms with van der Waals surface area (Å²) in [4.78, 5) is 3.91. The van der Waals surface area contributed by atoms with Crippen molar-refractivity contribution in [1.82, 2.24) is 4.98 Å². The van der Waals surface area contributed by atoms with Crippen molar-refractivity contribution in [3.63, 3.8) is 0 Å². The highest BCUT2D eigenvalue weighted by atomic mass is 127. The predicted octanol–water partition coefficient (Wildman–Crippen LogP) is 2.38. The minimum absolute atomic E-state index is 0.0756. The molecule has 0 bridgehead atoms. The van der Waals surface area contributed by atoms with E-state index in [4.69, 9.17) is 10.7 Å². The molecule has 0 unspecified atom stereocenters. The van der Waals surface area contributed by atoms with Crippen molar-refractivity contribution in [2.45, 2.75) is 4.90 Å². The summed E-state index contributed by atoms with van der Waals surface area (Å²) >= 11 is 4.95. The molecule has 0 fully saturated rings. The molecule has 1 aromatic heterocycles. The Morgan fingerprint density at radius 2 is 2.17 bits per heavy atom. The third-order valence-electron chi connectivity index (χ3n) is 1.07. The fourth-order valence-electron chi connectivity index (χ4n) is 0.590. The second kappa shape index (κ2) is 3.77. The van der Waals surface area contributed by atoms with E-state index in [1.54, 1.807) is 0 Å². The Hall–Kier alpha value is 0.600. The van der Waals surface area contributed by atoms with E-state index in [0.717, 1.165) is 0 Å². The Bertz CT molecular complexity index is 408. The van der Waals surface area contributed by atoms with E-state index in [9.17, 15) is 8.42 Å². The van der Waals surface area contributed by atoms with Gasteiger partial charge in [-0.1, -0.05) is 0 Å². The van der Waals surface area contributed by atoms with Crippen molar-refractivity contribution in [3.05, 3.63) is 20.4 Å². The number of aromatic nitrogens is 1. The molecule has 0 saturated heterocycles. The van der Waals surface area contributed by atoms with Gasteiger partial charge in [-0.25, -0.2) is 13.4 Å². The van der Waals surface area contributed by atoms with E-state index in [1.165, 1.54) is 12.3 Å². The van der Waals surface area contributed by atoms with Gasteiger partial charge in [-0.3, -0.25) is 0 Å². The molecule has 0 aromatic carbocycles. The van der Waals surface area contributed by atoms with Crippen molar-refractivity contribution in [1.29, 1.82) is 0 Å². The molecule has 0 aliphatic rings. The molecule has 0 aliphatic heterocycles. The summed E-state index contributed by atoms with van der Waals surface area (Å²) in [7, 11) is 1.49. The number of hydrogen-bond acceptors (Lipinski definition) is 3. The van der Waals surface area contributed by atoms with Gasteiger partial charge >= 0.3 is 0 Å². The van der Waals surface area contributed by atoms with Crippen molar-refractivity contribution >= 4 is 58.3 Å². The molecule has 12 heavy (non-hydrogen) atoms. The summed E-state index contributed by atoms with van der Waals surface area (Å²) in [5, 5.41) is 0. The molecule has 3 nitrogen and oxygen atoms in total. The van der Waals surface area contributed by atoms with Crippen LogP contribution in [0, 0.1) is 3.57 Å². The lowest BCUT2D eigenvalue weighted by molar-refractivity contribution is 0.609. The maximum absolute atomic E-state index is 10.9. The van der Waals surface area contributed by atoms with Crippen molar-refractivity contribution in [2.75, 3.05) is 0 Å². The van der Waals surface area contributed by atoms with Crippen molar-refractivity contribution in [3.8, 4) is 0 Å². The van der Waals surface area contributed by atoms with Gasteiger partial charge in [-0.15, -0.1) is 0 Å². The highest BCUT2D eigenvalue weighted by molar-refractivity contribution is 14.1. The first-order chi connectivity index (χ1) is 5.43. The summed E-state index contributed by atoms with van der Waals surface area (Å²) in [5.41, 5.74) is 0. The zero-order valence-electron chi connectivity index (χ0n) is 5.46. The highest BCUT2D eigenvalue weighted by Gasteiger charge is 2.15. The largest absolute Gasteiger partial charge is 0.262 e. The van der Waals surface area contributed by atoms with Crippen LogP contribution in [-0.2, 0) is 9.05 Å². The Labute approximate surface area is 96.2 Å². The second-order valence-corrected chi connectivity index (χ2v) is 6.22. The molecule has 0 saturated carbocycles. The zero-order chi connectivity index (χ0) is 9.35. The number of nitrogens with zero attached hydrogens (tertiary/aromatic N) is 1. The normalized spacial score (nSPS) is 11.6. The molecule has 0 aliphatic carbocycles. The summed E-state index contributed by atoms with van der Waals surface area (Å²) < 4.78 is 22.8. The van der Waals surface area contributed by atoms with E-state index in [1.807, 2.05) is 22.6 Å². The third kappa shape index (κ3) is 2.30. The van der Waals surface area contributed by atoms with Crippen LogP contribution in [-0.4, -0.2) is 13.4 Å². The van der Waals surface area contributed by atoms with Gasteiger partial charge in [0.25, 0.3) is 9.05 Å². The lowest BCUT2D eigenvalue weighted by Crippen LogP contribution is -1.96. The smallest absolute Gasteiger partial charge is 0.248 e. The van der Waals surface area contributed by atoms with Crippen LogP contribution in [0.4, 0.5) is 0 Å². The van der Waals surface area contributed by atoms with Crippen LogP contribution in [0.1, 0.15) is 0 Å². The van der Waals surface area contributed by atoms with Gasteiger partial charge in [0, 0.05) is 16.9 Å². The highest BCUT2D eigenvalue weighted by Crippen LogP contribution is 2.25. The van der Waals surface area contributed by atoms with Gasteiger partial charge in [0.15, 0.2) is 0 Å². The van der Waals surface area contributed by atoms with Crippen LogP contribution in [0.3, 0.4) is 0 Å². The second-order valence-electron chi connectivity index (χ2n) is 1.85. The van der Waals surface area contributed by atoms with Gasteiger partial charge in [0.2, 0.25) is 0 Å². The maximum atomic E-state index is 10.9. The molecule has 1 rings (SSSR count). The topological polar surface area (TPSA) is 47.0 Å². The van der Waals surface area contributed by atoms with E-state index in [0.29, 0.717) is 8.17 Å². The third-order valence-corrected chi connectivity index (χ3v) is 5.24. The molecular formula is C5H2BrClINO2S. The number of pyridine rings is 1. The van der Waals surface area contributed by atoms with Crippen molar-refractivity contribution < 1.29 is 8.42 Å². The first kappa shape index (κ1) is 10.7. The number of rotatable bonds is 1. The number of halogens is 3. The minimum Gasteiger partial charge on any atom is -0.248 e. The van der Waals surface area contributed by atoms with E-state index < -0.39 is 9.05 Å². The van der Waals surface area contributed by atoms with E-state index in [-0.39, 0.29) is 4.90 Å². The molecule has 7 heteroatoms. The number of hydrogen-bond donors (Lipinski definition) is 0. The Balaban J connectivity index is 3.47. The van der Waals surface area contributed by atoms with Crippen molar-refractivity contribution in [2.24, 2.45) is 0 Å². The molecule has 0 radical (unpaired) electrons. The quantitative estimate of drug-likeness (QED) is 0.426. The molecule has 1 aromatic rings. The van der Waals surface area contributed by atoms with Gasteiger partial charge in [-0.05, 0) is 44.6 Å². The SMILES string of the molecule is O=S(=O)(Cl)c1ccnc(Br)c1I.